The molecule has 31 heavy (non-hydrogen) atoms. The topological polar surface area (TPSA) is 96.0 Å². The molecule has 2 heterocycles. The zero-order valence-corrected chi connectivity index (χ0v) is 17.8. The van der Waals surface area contributed by atoms with E-state index in [2.05, 4.69) is 15.6 Å². The van der Waals surface area contributed by atoms with Crippen molar-refractivity contribution in [3.05, 3.63) is 90.4 Å². The normalized spacial score (nSPS) is 13.0. The SMILES string of the molecule is C[S+]([O-])CCC(c1ccccc1)n1cc(NC(=O)c2cc(-c3ccccc3)on2)cn1. The molecule has 158 valence electrons. The van der Waals surface area contributed by atoms with Gasteiger partial charge in [-0.25, -0.2) is 0 Å². The summed E-state index contributed by atoms with van der Waals surface area (Å²) in [5.74, 6) is 0.706. The number of nitrogens with zero attached hydrogens (tertiary/aromatic N) is 3. The third-order valence-corrected chi connectivity index (χ3v) is 5.65. The van der Waals surface area contributed by atoms with Crippen LogP contribution in [0.25, 0.3) is 11.3 Å². The van der Waals surface area contributed by atoms with Crippen molar-refractivity contribution in [2.24, 2.45) is 0 Å². The lowest BCUT2D eigenvalue weighted by atomic mass is 10.1. The largest absolute Gasteiger partial charge is 0.617 e. The number of carbonyl (C=O) groups excluding carboxylic acids is 1. The molecule has 4 aromatic rings. The number of rotatable bonds is 8. The van der Waals surface area contributed by atoms with Crippen molar-refractivity contribution in [2.45, 2.75) is 12.5 Å². The Morgan fingerprint density at radius 2 is 1.87 bits per heavy atom. The standard InChI is InChI=1S/C23H22N4O3S/c1-31(29)13-12-21(17-8-4-2-5-9-17)27-16-19(15-24-27)25-23(28)20-14-22(30-26-20)18-10-6-3-7-11-18/h2-11,14-16,21H,12-13H2,1H3,(H,25,28). The molecule has 0 saturated heterocycles. The minimum absolute atomic E-state index is 0.0764. The van der Waals surface area contributed by atoms with Gasteiger partial charge in [-0.15, -0.1) is 0 Å². The number of amides is 1. The predicted octanol–water partition coefficient (Wildman–Crippen LogP) is 4.15. The molecular weight excluding hydrogens is 412 g/mol. The van der Waals surface area contributed by atoms with Gasteiger partial charge in [-0.3, -0.25) is 9.48 Å². The van der Waals surface area contributed by atoms with E-state index < -0.39 is 11.2 Å². The molecule has 2 atom stereocenters. The van der Waals surface area contributed by atoms with Crippen LogP contribution in [-0.2, 0) is 11.2 Å². The van der Waals surface area contributed by atoms with Crippen LogP contribution in [0.5, 0.6) is 0 Å². The second-order valence-electron chi connectivity index (χ2n) is 7.10. The first-order valence-electron chi connectivity index (χ1n) is 9.83. The number of hydrogen-bond donors (Lipinski definition) is 1. The summed E-state index contributed by atoms with van der Waals surface area (Å²) in [5, 5.41) is 11.1. The fourth-order valence-electron chi connectivity index (χ4n) is 3.29. The third-order valence-electron chi connectivity index (χ3n) is 4.84. The highest BCUT2D eigenvalue weighted by atomic mass is 32.2. The maximum absolute atomic E-state index is 12.6. The number of hydrogen-bond acceptors (Lipinski definition) is 5. The first-order chi connectivity index (χ1) is 15.1. The fraction of sp³-hybridized carbons (Fsp3) is 0.174. The Balaban J connectivity index is 1.48. The van der Waals surface area contributed by atoms with Crippen molar-refractivity contribution in [3.63, 3.8) is 0 Å². The Kier molecular flexibility index (Phi) is 6.49. The summed E-state index contributed by atoms with van der Waals surface area (Å²) in [6.07, 6.45) is 5.73. The molecule has 0 saturated carbocycles. The van der Waals surface area contributed by atoms with Crippen LogP contribution in [-0.4, -0.2) is 37.4 Å². The van der Waals surface area contributed by atoms with E-state index in [1.54, 1.807) is 29.4 Å². The van der Waals surface area contributed by atoms with Gasteiger partial charge >= 0.3 is 0 Å². The molecular formula is C23H22N4O3S. The lowest BCUT2D eigenvalue weighted by molar-refractivity contribution is 0.101. The minimum Gasteiger partial charge on any atom is -0.617 e. The zero-order valence-electron chi connectivity index (χ0n) is 17.0. The lowest BCUT2D eigenvalue weighted by Crippen LogP contribution is -2.16. The fourth-order valence-corrected chi connectivity index (χ4v) is 3.85. The molecule has 7 nitrogen and oxygen atoms in total. The molecule has 0 aliphatic heterocycles. The average Bonchev–Trinajstić information content (AvgIpc) is 3.45. The van der Waals surface area contributed by atoms with Crippen molar-refractivity contribution >= 4 is 22.8 Å². The summed E-state index contributed by atoms with van der Waals surface area (Å²) in [7, 11) is 0. The lowest BCUT2D eigenvalue weighted by Gasteiger charge is -2.18. The minimum atomic E-state index is -0.904. The van der Waals surface area contributed by atoms with E-state index in [0.717, 1.165) is 11.1 Å². The van der Waals surface area contributed by atoms with Gasteiger partial charge in [-0.05, 0) is 5.56 Å². The number of carbonyl (C=O) groups is 1. The molecule has 0 aliphatic carbocycles. The summed E-state index contributed by atoms with van der Waals surface area (Å²) >= 11 is -0.904. The van der Waals surface area contributed by atoms with Crippen LogP contribution in [0.2, 0.25) is 0 Å². The first kappa shape index (κ1) is 20.9. The van der Waals surface area contributed by atoms with Gasteiger partial charge in [0, 0.05) is 24.2 Å². The summed E-state index contributed by atoms with van der Waals surface area (Å²) in [5.41, 5.74) is 2.65. The van der Waals surface area contributed by atoms with Crippen LogP contribution >= 0.6 is 0 Å². The average molecular weight is 435 g/mol. The van der Waals surface area contributed by atoms with Gasteiger partial charge in [-0.2, -0.15) is 5.10 Å². The smallest absolute Gasteiger partial charge is 0.277 e. The van der Waals surface area contributed by atoms with Crippen molar-refractivity contribution < 1.29 is 13.9 Å². The molecule has 2 unspecified atom stereocenters. The van der Waals surface area contributed by atoms with Crippen molar-refractivity contribution in [2.75, 3.05) is 17.3 Å². The van der Waals surface area contributed by atoms with Gasteiger partial charge in [0.25, 0.3) is 5.91 Å². The monoisotopic (exact) mass is 434 g/mol. The van der Waals surface area contributed by atoms with Crippen LogP contribution < -0.4 is 5.32 Å². The molecule has 1 N–H and O–H groups in total. The number of aromatic nitrogens is 3. The summed E-state index contributed by atoms with van der Waals surface area (Å²) in [4.78, 5) is 12.6. The molecule has 0 radical (unpaired) electrons. The second-order valence-corrected chi connectivity index (χ2v) is 8.65. The quantitative estimate of drug-likeness (QED) is 0.420. The molecule has 8 heteroatoms. The summed E-state index contributed by atoms with van der Waals surface area (Å²) in [6.45, 7) is 0. The van der Waals surface area contributed by atoms with E-state index in [-0.39, 0.29) is 17.6 Å². The molecule has 0 bridgehead atoms. The van der Waals surface area contributed by atoms with Crippen LogP contribution in [0.15, 0.2) is 83.6 Å². The number of anilines is 1. The Morgan fingerprint density at radius 3 is 2.58 bits per heavy atom. The predicted molar refractivity (Wildman–Crippen MR) is 120 cm³/mol. The first-order valence-corrected chi connectivity index (χ1v) is 11.6. The molecule has 0 aliphatic rings. The highest BCUT2D eigenvalue weighted by Gasteiger charge is 2.19. The third kappa shape index (κ3) is 5.22. The van der Waals surface area contributed by atoms with Gasteiger partial charge in [0.15, 0.2) is 11.5 Å². The number of nitrogens with one attached hydrogen (secondary N) is 1. The Bertz CT molecular complexity index is 1130. The van der Waals surface area contributed by atoms with Crippen molar-refractivity contribution in [3.8, 4) is 11.3 Å². The van der Waals surface area contributed by atoms with Crippen LogP contribution in [0.4, 0.5) is 5.69 Å². The highest BCUT2D eigenvalue weighted by Crippen LogP contribution is 2.24. The van der Waals surface area contributed by atoms with Gasteiger partial charge in [0.1, 0.15) is 5.75 Å². The van der Waals surface area contributed by atoms with E-state index in [4.69, 9.17) is 4.52 Å². The zero-order chi connectivity index (χ0) is 21.6. The van der Waals surface area contributed by atoms with E-state index in [0.29, 0.717) is 23.6 Å². The second kappa shape index (κ2) is 9.63. The molecule has 0 spiro atoms. The van der Waals surface area contributed by atoms with E-state index in [9.17, 15) is 9.35 Å². The van der Waals surface area contributed by atoms with Gasteiger partial charge in [-0.1, -0.05) is 77.0 Å². The Hall–Kier alpha value is -3.36. The van der Waals surface area contributed by atoms with Crippen LogP contribution in [0.1, 0.15) is 28.5 Å². The van der Waals surface area contributed by atoms with E-state index >= 15 is 0 Å². The van der Waals surface area contributed by atoms with Crippen LogP contribution in [0.3, 0.4) is 0 Å². The molecule has 2 aromatic carbocycles. The van der Waals surface area contributed by atoms with Gasteiger partial charge < -0.3 is 14.4 Å². The van der Waals surface area contributed by atoms with Crippen molar-refractivity contribution in [1.29, 1.82) is 0 Å². The molecule has 1 amide bonds. The Labute approximate surface area is 183 Å². The maximum atomic E-state index is 12.6. The Morgan fingerprint density at radius 1 is 1.16 bits per heavy atom. The number of benzene rings is 2. The summed E-state index contributed by atoms with van der Waals surface area (Å²) in [6, 6.07) is 20.9. The van der Waals surface area contributed by atoms with E-state index in [1.807, 2.05) is 60.7 Å². The summed E-state index contributed by atoms with van der Waals surface area (Å²) < 4.78 is 18.7. The van der Waals surface area contributed by atoms with E-state index in [1.165, 1.54) is 0 Å². The molecule has 0 fully saturated rings. The van der Waals surface area contributed by atoms with Crippen molar-refractivity contribution in [1.82, 2.24) is 14.9 Å². The van der Waals surface area contributed by atoms with Crippen LogP contribution in [0, 0.1) is 0 Å². The van der Waals surface area contributed by atoms with Gasteiger partial charge in [0.05, 0.1) is 24.2 Å². The molecule has 2 aromatic heterocycles. The highest BCUT2D eigenvalue weighted by molar-refractivity contribution is 7.90. The maximum Gasteiger partial charge on any atom is 0.277 e. The van der Waals surface area contributed by atoms with Gasteiger partial charge in [0.2, 0.25) is 0 Å². The molecule has 4 rings (SSSR count).